The number of carbonyl (C=O) groups excluding carboxylic acids is 2. The lowest BCUT2D eigenvalue weighted by Crippen LogP contribution is -2.40. The minimum atomic E-state index is -1.36. The fourth-order valence-electron chi connectivity index (χ4n) is 4.65. The molecule has 3 heterocycles. The van der Waals surface area contributed by atoms with Gasteiger partial charge in [-0.25, -0.2) is 0 Å². The number of esters is 1. The smallest absolute Gasteiger partial charge is 0.308 e. The van der Waals surface area contributed by atoms with Crippen LogP contribution in [0, 0.1) is 0 Å². The Morgan fingerprint density at radius 1 is 0.947 bits per heavy atom. The highest BCUT2D eigenvalue weighted by atomic mass is 16.7. The predicted octanol–water partition coefficient (Wildman–Crippen LogP) is 3.07. The number of fused-ring (bicyclic) bond motifs is 5. The first kappa shape index (κ1) is 24.9. The van der Waals surface area contributed by atoms with Crippen molar-refractivity contribution in [1.82, 2.24) is 0 Å². The first-order valence-corrected chi connectivity index (χ1v) is 11.9. The molecular weight excluding hydrogens is 490 g/mol. The molecule has 0 N–H and O–H groups in total. The topological polar surface area (TPSA) is 107 Å². The van der Waals surface area contributed by atoms with Gasteiger partial charge in [0.15, 0.2) is 35.7 Å². The summed E-state index contributed by atoms with van der Waals surface area (Å²) in [7, 11) is 3.34. The van der Waals surface area contributed by atoms with Crippen LogP contribution in [-0.2, 0) is 17.8 Å². The molecule has 0 radical (unpaired) electrons. The molecule has 194 valence electrons. The van der Waals surface area contributed by atoms with E-state index in [-0.39, 0.29) is 11.3 Å². The maximum atomic E-state index is 10.6. The average Bonchev–Trinajstić information content (AvgIpc) is 3.38. The second-order valence-electron chi connectivity index (χ2n) is 8.65. The Hall–Kier alpha value is -4.79. The minimum Gasteiger partial charge on any atom is -0.545 e. The number of carboxylic acid groups (broad SMARTS) is 1. The third-order valence-electron chi connectivity index (χ3n) is 6.36. The van der Waals surface area contributed by atoms with Crippen molar-refractivity contribution >= 4 is 22.7 Å². The zero-order valence-electron chi connectivity index (χ0n) is 21.1. The van der Waals surface area contributed by atoms with Gasteiger partial charge < -0.3 is 33.6 Å². The molecule has 0 saturated heterocycles. The highest BCUT2D eigenvalue weighted by Crippen LogP contribution is 2.41. The summed E-state index contributed by atoms with van der Waals surface area (Å²) in [5.74, 6) is 1.27. The van der Waals surface area contributed by atoms with E-state index >= 15 is 0 Å². The van der Waals surface area contributed by atoms with Gasteiger partial charge in [0, 0.05) is 25.0 Å². The molecule has 0 bridgehead atoms. The van der Waals surface area contributed by atoms with E-state index in [1.807, 2.05) is 6.07 Å². The number of hydrogen-bond acceptors (Lipinski definition) is 8. The van der Waals surface area contributed by atoms with Gasteiger partial charge in [-0.3, -0.25) is 4.79 Å². The van der Waals surface area contributed by atoms with Crippen LogP contribution < -0.4 is 33.4 Å². The van der Waals surface area contributed by atoms with Gasteiger partial charge in [0.2, 0.25) is 12.5 Å². The Kier molecular flexibility index (Phi) is 6.74. The molecule has 4 aromatic rings. The molecule has 0 spiro atoms. The van der Waals surface area contributed by atoms with Crippen LogP contribution in [0.25, 0.3) is 22.0 Å². The number of para-hydroxylation sites is 1. The van der Waals surface area contributed by atoms with Gasteiger partial charge in [-0.15, -0.1) is 0 Å². The van der Waals surface area contributed by atoms with Crippen molar-refractivity contribution in [3.05, 3.63) is 71.9 Å². The summed E-state index contributed by atoms with van der Waals surface area (Å²) in [5.41, 5.74) is 3.55. The van der Waals surface area contributed by atoms with E-state index < -0.39 is 11.9 Å². The van der Waals surface area contributed by atoms with Crippen LogP contribution in [0.1, 0.15) is 22.8 Å². The van der Waals surface area contributed by atoms with Crippen LogP contribution in [0.3, 0.4) is 0 Å². The number of aromatic nitrogens is 1. The number of benzene rings is 3. The van der Waals surface area contributed by atoms with Crippen LogP contribution in [-0.4, -0.2) is 33.0 Å². The van der Waals surface area contributed by atoms with E-state index in [2.05, 4.69) is 39.8 Å². The molecule has 9 nitrogen and oxygen atoms in total. The van der Waals surface area contributed by atoms with Crippen molar-refractivity contribution in [2.45, 2.75) is 19.9 Å². The number of methoxy groups -OCH3 is 2. The zero-order chi connectivity index (χ0) is 26.8. The number of carboxylic acids is 1. The molecular formula is C29H25NO8. The summed E-state index contributed by atoms with van der Waals surface area (Å²) in [6, 6.07) is 16.2. The molecule has 2 aliphatic rings. The molecule has 0 saturated carbocycles. The van der Waals surface area contributed by atoms with Crippen molar-refractivity contribution < 1.29 is 42.9 Å². The standard InChI is InChI=1S/C20H18NO4.C9H8O4/c1-22-17-4-3-12-7-16-14-9-19-18(24-11-25-19)8-13(14)5-6-21(16)10-15(12)20(17)23-2;1-6(10)13-8-5-3-2-4-7(8)9(11)12/h3-4,7-10H,5-6,11H2,1-2H3;2-5H,1H3,(H,11,12)/q+1;/p-1. The van der Waals surface area contributed by atoms with Crippen LogP contribution in [0.15, 0.2) is 60.8 Å². The summed E-state index contributed by atoms with van der Waals surface area (Å²) < 4.78 is 29.0. The number of carbonyl (C=O) groups is 2. The number of ether oxygens (including phenoxy) is 5. The van der Waals surface area contributed by atoms with Crippen LogP contribution in [0.2, 0.25) is 0 Å². The SMILES string of the molecule is CC(=O)Oc1ccccc1C(=O)[O-].COc1ccc2cc3[n+](cc2c1OC)CCc1cc2c(cc1-3)OCO2. The van der Waals surface area contributed by atoms with Crippen molar-refractivity contribution in [2.75, 3.05) is 21.0 Å². The van der Waals surface area contributed by atoms with E-state index in [1.54, 1.807) is 20.3 Å². The Bertz CT molecular complexity index is 1560. The third-order valence-corrected chi connectivity index (χ3v) is 6.36. The number of pyridine rings is 1. The largest absolute Gasteiger partial charge is 0.545 e. The Morgan fingerprint density at radius 2 is 1.71 bits per heavy atom. The number of rotatable bonds is 4. The Balaban J connectivity index is 0.000000193. The lowest BCUT2D eigenvalue weighted by molar-refractivity contribution is -0.686. The second kappa shape index (κ2) is 10.3. The number of aromatic carboxylic acids is 1. The quantitative estimate of drug-likeness (QED) is 0.232. The number of nitrogens with zero attached hydrogens (tertiary/aromatic N) is 1. The van der Waals surface area contributed by atoms with Gasteiger partial charge in [-0.1, -0.05) is 12.1 Å². The van der Waals surface area contributed by atoms with Crippen molar-refractivity contribution in [1.29, 1.82) is 0 Å². The molecule has 1 aromatic heterocycles. The van der Waals surface area contributed by atoms with Gasteiger partial charge in [-0.05, 0) is 47.3 Å². The fourth-order valence-corrected chi connectivity index (χ4v) is 4.65. The lowest BCUT2D eigenvalue weighted by Gasteiger charge is -2.17. The van der Waals surface area contributed by atoms with Crippen LogP contribution >= 0.6 is 0 Å². The summed E-state index contributed by atoms with van der Waals surface area (Å²) >= 11 is 0. The van der Waals surface area contributed by atoms with Gasteiger partial charge in [0.25, 0.3) is 0 Å². The Labute approximate surface area is 218 Å². The van der Waals surface area contributed by atoms with Crippen molar-refractivity contribution in [3.63, 3.8) is 0 Å². The number of aryl methyl sites for hydroxylation is 2. The second-order valence-corrected chi connectivity index (χ2v) is 8.65. The summed E-state index contributed by atoms with van der Waals surface area (Å²) in [4.78, 5) is 21.1. The first-order valence-electron chi connectivity index (χ1n) is 11.9. The summed E-state index contributed by atoms with van der Waals surface area (Å²) in [6.45, 7) is 2.41. The van der Waals surface area contributed by atoms with Gasteiger partial charge >= 0.3 is 5.97 Å². The molecule has 6 rings (SSSR count). The van der Waals surface area contributed by atoms with Crippen LogP contribution in [0.5, 0.6) is 28.7 Å². The summed E-state index contributed by atoms with van der Waals surface area (Å²) in [5, 5.41) is 12.7. The van der Waals surface area contributed by atoms with E-state index in [0.717, 1.165) is 46.7 Å². The third kappa shape index (κ3) is 4.66. The molecule has 38 heavy (non-hydrogen) atoms. The molecule has 2 aliphatic heterocycles. The maximum Gasteiger partial charge on any atom is 0.308 e. The lowest BCUT2D eigenvalue weighted by atomic mass is 9.95. The monoisotopic (exact) mass is 515 g/mol. The molecule has 0 unspecified atom stereocenters. The average molecular weight is 516 g/mol. The molecule has 9 heteroatoms. The zero-order valence-corrected chi connectivity index (χ0v) is 21.1. The highest BCUT2D eigenvalue weighted by Gasteiger charge is 2.28. The summed E-state index contributed by atoms with van der Waals surface area (Å²) in [6.07, 6.45) is 3.11. The maximum absolute atomic E-state index is 10.6. The molecule has 3 aromatic carbocycles. The number of hydrogen-bond donors (Lipinski definition) is 0. The molecule has 0 amide bonds. The van der Waals surface area contributed by atoms with Crippen molar-refractivity contribution in [2.24, 2.45) is 0 Å². The van der Waals surface area contributed by atoms with Crippen molar-refractivity contribution in [3.8, 4) is 40.0 Å². The molecule has 0 aliphatic carbocycles. The molecule has 0 atom stereocenters. The fraction of sp³-hybridized carbons (Fsp3) is 0.207. The minimum absolute atomic E-state index is 0.00926. The predicted molar refractivity (Wildman–Crippen MR) is 135 cm³/mol. The van der Waals surface area contributed by atoms with E-state index in [4.69, 9.17) is 18.9 Å². The van der Waals surface area contributed by atoms with Gasteiger partial charge in [0.05, 0.1) is 31.1 Å². The van der Waals surface area contributed by atoms with E-state index in [0.29, 0.717) is 6.79 Å². The normalized spacial score (nSPS) is 12.5. The van der Waals surface area contributed by atoms with E-state index in [9.17, 15) is 14.7 Å². The highest BCUT2D eigenvalue weighted by molar-refractivity contribution is 5.92. The van der Waals surface area contributed by atoms with Crippen LogP contribution in [0.4, 0.5) is 0 Å². The van der Waals surface area contributed by atoms with Gasteiger partial charge in [0.1, 0.15) is 5.75 Å². The van der Waals surface area contributed by atoms with E-state index in [1.165, 1.54) is 41.9 Å². The molecule has 0 fully saturated rings. The first-order chi connectivity index (χ1) is 18.4. The Morgan fingerprint density at radius 3 is 2.42 bits per heavy atom. The van der Waals surface area contributed by atoms with Gasteiger partial charge in [-0.2, -0.15) is 4.57 Å².